The summed E-state index contributed by atoms with van der Waals surface area (Å²) in [5, 5.41) is 9.58. The molecule has 1 amide bonds. The summed E-state index contributed by atoms with van der Waals surface area (Å²) in [7, 11) is 0. The van der Waals surface area contributed by atoms with Gasteiger partial charge in [-0.25, -0.2) is 4.79 Å². The minimum Gasteiger partial charge on any atom is -0.479 e. The van der Waals surface area contributed by atoms with Gasteiger partial charge in [0.15, 0.2) is 6.04 Å². The van der Waals surface area contributed by atoms with Crippen LogP contribution >= 0.6 is 0 Å². The Bertz CT molecular complexity index is 734. The Balaban J connectivity index is 1.76. The molecule has 0 aliphatic carbocycles. The molecule has 120 valence electrons. The second-order valence-corrected chi connectivity index (χ2v) is 5.79. The van der Waals surface area contributed by atoms with Gasteiger partial charge < -0.3 is 14.4 Å². The van der Waals surface area contributed by atoms with Crippen molar-refractivity contribution in [3.05, 3.63) is 59.0 Å². The van der Waals surface area contributed by atoms with Crippen LogP contribution in [0.4, 0.5) is 0 Å². The largest absolute Gasteiger partial charge is 0.479 e. The van der Waals surface area contributed by atoms with Crippen LogP contribution in [0.25, 0.3) is 0 Å². The van der Waals surface area contributed by atoms with Crippen LogP contribution in [0.1, 0.15) is 35.1 Å². The van der Waals surface area contributed by atoms with E-state index in [1.807, 2.05) is 37.3 Å². The average Bonchev–Trinajstić information content (AvgIpc) is 2.96. The summed E-state index contributed by atoms with van der Waals surface area (Å²) < 4.78 is 5.46. The topological polar surface area (TPSA) is 70.8 Å². The molecule has 2 aromatic rings. The molecule has 1 aliphatic rings. The zero-order valence-electron chi connectivity index (χ0n) is 13.0. The van der Waals surface area contributed by atoms with E-state index < -0.39 is 12.0 Å². The van der Waals surface area contributed by atoms with Crippen molar-refractivity contribution >= 4 is 11.9 Å². The molecule has 1 atom stereocenters. The second kappa shape index (κ2) is 6.28. The fraction of sp³-hybridized carbons (Fsp3) is 0.333. The smallest absolute Gasteiger partial charge is 0.331 e. The zero-order chi connectivity index (χ0) is 16.4. The number of rotatable bonds is 4. The van der Waals surface area contributed by atoms with Crippen molar-refractivity contribution in [3.8, 4) is 0 Å². The third-order valence-electron chi connectivity index (χ3n) is 4.22. The first-order valence-electron chi connectivity index (χ1n) is 7.71. The molecule has 1 aliphatic heterocycles. The van der Waals surface area contributed by atoms with E-state index in [0.717, 1.165) is 17.1 Å². The third kappa shape index (κ3) is 3.13. The van der Waals surface area contributed by atoms with Gasteiger partial charge in [-0.3, -0.25) is 4.79 Å². The van der Waals surface area contributed by atoms with E-state index in [1.165, 1.54) is 4.90 Å². The minimum atomic E-state index is -0.987. The van der Waals surface area contributed by atoms with Crippen molar-refractivity contribution in [2.24, 2.45) is 0 Å². The highest BCUT2D eigenvalue weighted by Crippen LogP contribution is 2.30. The number of furan rings is 1. The maximum atomic E-state index is 12.5. The molecule has 0 radical (unpaired) electrons. The van der Waals surface area contributed by atoms with Gasteiger partial charge in [0, 0.05) is 19.4 Å². The number of nitrogens with zero attached hydrogens (tertiary/aromatic N) is 1. The summed E-state index contributed by atoms with van der Waals surface area (Å²) in [5.41, 5.74) is 1.72. The standard InChI is InChI=1S/C18H19NO4/c1-12-6-7-14(23-12)8-9-16(20)19-11-10-13-4-2-3-5-15(13)17(19)18(21)22/h2-7,17H,8-11H2,1H3,(H,21,22)/t17-/m1/s1. The number of fused-ring (bicyclic) bond motifs is 1. The van der Waals surface area contributed by atoms with Crippen molar-refractivity contribution < 1.29 is 19.1 Å². The number of aryl methyl sites for hydroxylation is 2. The highest BCUT2D eigenvalue weighted by atomic mass is 16.4. The van der Waals surface area contributed by atoms with Gasteiger partial charge in [-0.05, 0) is 36.6 Å². The Morgan fingerprint density at radius 1 is 1.26 bits per heavy atom. The fourth-order valence-electron chi connectivity index (χ4n) is 3.09. The highest BCUT2D eigenvalue weighted by Gasteiger charge is 2.35. The van der Waals surface area contributed by atoms with Gasteiger partial charge in [-0.15, -0.1) is 0 Å². The molecule has 1 aromatic carbocycles. The van der Waals surface area contributed by atoms with Crippen LogP contribution in [0.5, 0.6) is 0 Å². The number of carbonyl (C=O) groups is 2. The SMILES string of the molecule is Cc1ccc(CCC(=O)N2CCc3ccccc3[C@@H]2C(=O)O)o1. The summed E-state index contributed by atoms with van der Waals surface area (Å²) in [6.07, 6.45) is 1.42. The van der Waals surface area contributed by atoms with E-state index in [2.05, 4.69) is 0 Å². The molecule has 0 unspecified atom stereocenters. The number of carboxylic acid groups (broad SMARTS) is 1. The lowest BCUT2D eigenvalue weighted by Gasteiger charge is -2.34. The van der Waals surface area contributed by atoms with E-state index in [-0.39, 0.29) is 12.3 Å². The summed E-state index contributed by atoms with van der Waals surface area (Å²) in [6.45, 7) is 2.29. The Hall–Kier alpha value is -2.56. The predicted molar refractivity (Wildman–Crippen MR) is 84.0 cm³/mol. The Morgan fingerprint density at radius 2 is 2.04 bits per heavy atom. The van der Waals surface area contributed by atoms with Crippen molar-refractivity contribution in [3.63, 3.8) is 0 Å². The number of benzene rings is 1. The maximum Gasteiger partial charge on any atom is 0.331 e. The number of amides is 1. The quantitative estimate of drug-likeness (QED) is 0.942. The van der Waals surface area contributed by atoms with Crippen LogP contribution in [0, 0.1) is 6.92 Å². The lowest BCUT2D eigenvalue weighted by atomic mass is 9.92. The van der Waals surface area contributed by atoms with Gasteiger partial charge in [0.05, 0.1) is 0 Å². The van der Waals surface area contributed by atoms with Crippen LogP contribution in [-0.4, -0.2) is 28.4 Å². The molecule has 0 saturated carbocycles. The van der Waals surface area contributed by atoms with E-state index >= 15 is 0 Å². The molecule has 23 heavy (non-hydrogen) atoms. The van der Waals surface area contributed by atoms with Crippen LogP contribution in [-0.2, 0) is 22.4 Å². The molecule has 2 heterocycles. The molecule has 1 aromatic heterocycles. The molecule has 5 heteroatoms. The maximum absolute atomic E-state index is 12.5. The number of carbonyl (C=O) groups excluding carboxylic acids is 1. The lowest BCUT2D eigenvalue weighted by molar-refractivity contribution is -0.151. The Kier molecular flexibility index (Phi) is 4.19. The molecular formula is C18H19NO4. The van der Waals surface area contributed by atoms with Gasteiger partial charge in [0.25, 0.3) is 0 Å². The van der Waals surface area contributed by atoms with Gasteiger partial charge >= 0.3 is 5.97 Å². The molecular weight excluding hydrogens is 294 g/mol. The summed E-state index contributed by atoms with van der Waals surface area (Å²) in [6, 6.07) is 10.2. The van der Waals surface area contributed by atoms with E-state index in [4.69, 9.17) is 4.42 Å². The molecule has 0 bridgehead atoms. The molecule has 0 spiro atoms. The molecule has 1 N–H and O–H groups in total. The van der Waals surface area contributed by atoms with Crippen molar-refractivity contribution in [1.82, 2.24) is 4.90 Å². The van der Waals surface area contributed by atoms with E-state index in [9.17, 15) is 14.7 Å². The predicted octanol–water partition coefficient (Wildman–Crippen LogP) is 2.73. The number of aliphatic carboxylic acids is 1. The first kappa shape index (κ1) is 15.3. The first-order chi connectivity index (χ1) is 11.1. The lowest BCUT2D eigenvalue weighted by Crippen LogP contribution is -2.43. The van der Waals surface area contributed by atoms with Crippen molar-refractivity contribution in [2.45, 2.75) is 32.2 Å². The number of hydrogen-bond acceptors (Lipinski definition) is 3. The Morgan fingerprint density at radius 3 is 2.74 bits per heavy atom. The van der Waals surface area contributed by atoms with Crippen LogP contribution < -0.4 is 0 Å². The van der Waals surface area contributed by atoms with Gasteiger partial charge in [0.1, 0.15) is 11.5 Å². The van der Waals surface area contributed by atoms with Crippen LogP contribution in [0.15, 0.2) is 40.8 Å². The van der Waals surface area contributed by atoms with Crippen molar-refractivity contribution in [1.29, 1.82) is 0 Å². The third-order valence-corrected chi connectivity index (χ3v) is 4.22. The highest BCUT2D eigenvalue weighted by molar-refractivity contribution is 5.85. The van der Waals surface area contributed by atoms with Crippen LogP contribution in [0.2, 0.25) is 0 Å². The molecule has 5 nitrogen and oxygen atoms in total. The summed E-state index contributed by atoms with van der Waals surface area (Å²) in [5.74, 6) is 0.420. The molecule has 0 saturated heterocycles. The van der Waals surface area contributed by atoms with Crippen LogP contribution in [0.3, 0.4) is 0 Å². The van der Waals surface area contributed by atoms with Crippen molar-refractivity contribution in [2.75, 3.05) is 6.54 Å². The van der Waals surface area contributed by atoms with Gasteiger partial charge in [0.2, 0.25) is 5.91 Å². The molecule has 3 rings (SSSR count). The van der Waals surface area contributed by atoms with Gasteiger partial charge in [-0.2, -0.15) is 0 Å². The van der Waals surface area contributed by atoms with E-state index in [0.29, 0.717) is 24.9 Å². The second-order valence-electron chi connectivity index (χ2n) is 5.79. The minimum absolute atomic E-state index is 0.152. The number of hydrogen-bond donors (Lipinski definition) is 1. The Labute approximate surface area is 134 Å². The monoisotopic (exact) mass is 313 g/mol. The zero-order valence-corrected chi connectivity index (χ0v) is 13.0. The molecule has 0 fully saturated rings. The fourth-order valence-corrected chi connectivity index (χ4v) is 3.09. The normalized spacial score (nSPS) is 16.9. The average molecular weight is 313 g/mol. The number of carboxylic acids is 1. The van der Waals surface area contributed by atoms with E-state index in [1.54, 1.807) is 6.07 Å². The first-order valence-corrected chi connectivity index (χ1v) is 7.71. The summed E-state index contributed by atoms with van der Waals surface area (Å²) >= 11 is 0. The van der Waals surface area contributed by atoms with Gasteiger partial charge in [-0.1, -0.05) is 24.3 Å². The summed E-state index contributed by atoms with van der Waals surface area (Å²) in [4.78, 5) is 25.7.